The first-order chi connectivity index (χ1) is 18.6. The van der Waals surface area contributed by atoms with Crippen molar-refractivity contribution in [2.45, 2.75) is 57.8 Å². The molecule has 3 aromatic rings. The summed E-state index contributed by atoms with van der Waals surface area (Å²) >= 11 is 0. The van der Waals surface area contributed by atoms with Gasteiger partial charge in [-0.25, -0.2) is 0 Å². The molecule has 0 spiro atoms. The van der Waals surface area contributed by atoms with Crippen molar-refractivity contribution in [3.63, 3.8) is 0 Å². The molecule has 0 aromatic heterocycles. The lowest BCUT2D eigenvalue weighted by Gasteiger charge is -2.35. The van der Waals surface area contributed by atoms with Gasteiger partial charge in [-0.2, -0.15) is 0 Å². The van der Waals surface area contributed by atoms with Crippen LogP contribution >= 0.6 is 0 Å². The lowest BCUT2D eigenvalue weighted by Crippen LogP contribution is -2.23. The third-order valence-electron chi connectivity index (χ3n) is 8.65. The summed E-state index contributed by atoms with van der Waals surface area (Å²) in [5.74, 6) is 5.10. The molecule has 2 aliphatic rings. The highest BCUT2D eigenvalue weighted by Crippen LogP contribution is 2.44. The average Bonchev–Trinajstić information content (AvgIpc) is 3.40. The Bertz CT molecular complexity index is 1300. The summed E-state index contributed by atoms with van der Waals surface area (Å²) in [5.41, 5.74) is 9.28. The van der Waals surface area contributed by atoms with E-state index in [1.165, 1.54) is 59.1 Å². The zero-order valence-electron chi connectivity index (χ0n) is 22.8. The van der Waals surface area contributed by atoms with Gasteiger partial charge in [0.15, 0.2) is 0 Å². The smallest absolute Gasteiger partial charge is 0.0242 e. The van der Waals surface area contributed by atoms with Gasteiger partial charge >= 0.3 is 0 Å². The summed E-state index contributed by atoms with van der Waals surface area (Å²) in [5, 5.41) is 0. The summed E-state index contributed by atoms with van der Waals surface area (Å²) in [7, 11) is 0. The predicted octanol–water partition coefficient (Wildman–Crippen LogP) is 9.58. The van der Waals surface area contributed by atoms with E-state index in [1.807, 2.05) is 0 Å². The summed E-state index contributed by atoms with van der Waals surface area (Å²) < 4.78 is 0. The van der Waals surface area contributed by atoms with Gasteiger partial charge in [0.05, 0.1) is 0 Å². The molecule has 0 N–H and O–H groups in total. The van der Waals surface area contributed by atoms with E-state index in [9.17, 15) is 0 Å². The fourth-order valence-corrected chi connectivity index (χ4v) is 6.47. The number of aryl methyl sites for hydroxylation is 1. The molecule has 1 fully saturated rings. The van der Waals surface area contributed by atoms with Crippen LogP contribution in [0, 0.1) is 30.1 Å². The summed E-state index contributed by atoms with van der Waals surface area (Å²) in [4.78, 5) is 0. The quantitative estimate of drug-likeness (QED) is 0.204. The molecular weight excluding hydrogens is 456 g/mol. The van der Waals surface area contributed by atoms with E-state index < -0.39 is 0 Å². The molecular formula is C38H40. The van der Waals surface area contributed by atoms with E-state index in [4.69, 9.17) is 13.0 Å². The minimum absolute atomic E-state index is 0.427. The minimum Gasteiger partial charge on any atom is -0.115 e. The van der Waals surface area contributed by atoms with E-state index in [-0.39, 0.29) is 0 Å². The fourth-order valence-electron chi connectivity index (χ4n) is 6.47. The second kappa shape index (κ2) is 12.3. The van der Waals surface area contributed by atoms with Gasteiger partial charge in [-0.3, -0.25) is 0 Å². The first kappa shape index (κ1) is 26.1. The maximum absolute atomic E-state index is 5.54. The van der Waals surface area contributed by atoms with E-state index in [2.05, 4.69) is 110 Å². The van der Waals surface area contributed by atoms with Gasteiger partial charge in [0.25, 0.3) is 0 Å². The molecule has 0 bridgehead atoms. The van der Waals surface area contributed by atoms with Crippen molar-refractivity contribution in [3.8, 4) is 12.3 Å². The Morgan fingerprint density at radius 3 is 2.24 bits per heavy atom. The maximum atomic E-state index is 5.54. The van der Waals surface area contributed by atoms with Gasteiger partial charge in [0, 0.05) is 11.5 Å². The second-order valence-corrected chi connectivity index (χ2v) is 11.4. The average molecular weight is 497 g/mol. The number of hydrogen-bond acceptors (Lipinski definition) is 0. The highest BCUT2D eigenvalue weighted by molar-refractivity contribution is 5.76. The monoisotopic (exact) mass is 496 g/mol. The zero-order valence-corrected chi connectivity index (χ0v) is 22.8. The second-order valence-electron chi connectivity index (χ2n) is 11.4. The molecule has 0 saturated heterocycles. The number of terminal acetylenes is 1. The Hall–Kier alpha value is -3.56. The van der Waals surface area contributed by atoms with Gasteiger partial charge in [0.1, 0.15) is 0 Å². The summed E-state index contributed by atoms with van der Waals surface area (Å²) in [6.07, 6.45) is 20.8. The van der Waals surface area contributed by atoms with E-state index in [0.717, 1.165) is 30.7 Å². The Labute approximate surface area is 230 Å². The molecule has 3 aromatic carbocycles. The lowest BCUT2D eigenvalue weighted by molar-refractivity contribution is 0.252. The largest absolute Gasteiger partial charge is 0.115 e. The van der Waals surface area contributed by atoms with Crippen LogP contribution in [0.15, 0.2) is 109 Å². The minimum atomic E-state index is 0.427. The van der Waals surface area contributed by atoms with Crippen LogP contribution in [0.2, 0.25) is 0 Å². The number of allylic oxidation sites excluding steroid dienone is 5. The van der Waals surface area contributed by atoms with Gasteiger partial charge < -0.3 is 0 Å². The molecule has 0 heteroatoms. The molecule has 0 aliphatic heterocycles. The molecule has 2 aliphatic carbocycles. The topological polar surface area (TPSA) is 0 Å². The van der Waals surface area contributed by atoms with Crippen LogP contribution in [0.1, 0.15) is 72.8 Å². The summed E-state index contributed by atoms with van der Waals surface area (Å²) in [6.45, 7) is 6.94. The predicted molar refractivity (Wildman–Crippen MR) is 163 cm³/mol. The van der Waals surface area contributed by atoms with Gasteiger partial charge in [-0.1, -0.05) is 110 Å². The number of benzene rings is 3. The molecule has 38 heavy (non-hydrogen) atoms. The van der Waals surface area contributed by atoms with Crippen molar-refractivity contribution < 1.29 is 0 Å². The van der Waals surface area contributed by atoms with Crippen molar-refractivity contribution in [2.75, 3.05) is 0 Å². The molecule has 0 heterocycles. The van der Waals surface area contributed by atoms with Crippen molar-refractivity contribution in [1.29, 1.82) is 0 Å². The van der Waals surface area contributed by atoms with Gasteiger partial charge in [-0.05, 0) is 103 Å². The molecule has 0 amide bonds. The third kappa shape index (κ3) is 6.46. The van der Waals surface area contributed by atoms with E-state index in [1.54, 1.807) is 0 Å². The van der Waals surface area contributed by atoms with Crippen molar-refractivity contribution in [1.82, 2.24) is 0 Å². The maximum Gasteiger partial charge on any atom is 0.0242 e. The van der Waals surface area contributed by atoms with Crippen LogP contribution in [-0.2, 0) is 12.8 Å². The Kier molecular flexibility index (Phi) is 8.45. The molecule has 2 atom stereocenters. The van der Waals surface area contributed by atoms with Crippen LogP contribution in [0.3, 0.4) is 0 Å². The van der Waals surface area contributed by atoms with Crippen LogP contribution in [0.25, 0.3) is 5.57 Å². The van der Waals surface area contributed by atoms with E-state index >= 15 is 0 Å². The van der Waals surface area contributed by atoms with Crippen molar-refractivity contribution in [3.05, 3.63) is 137 Å². The van der Waals surface area contributed by atoms with Crippen LogP contribution in [0.5, 0.6) is 0 Å². The molecule has 2 unspecified atom stereocenters. The van der Waals surface area contributed by atoms with E-state index in [0.29, 0.717) is 17.8 Å². The number of hydrogen-bond donors (Lipinski definition) is 0. The molecule has 0 nitrogen and oxygen atoms in total. The van der Waals surface area contributed by atoms with Crippen LogP contribution < -0.4 is 0 Å². The highest BCUT2D eigenvalue weighted by Gasteiger charge is 2.30. The number of rotatable bonds is 9. The highest BCUT2D eigenvalue weighted by atomic mass is 14.3. The first-order valence-corrected chi connectivity index (χ1v) is 14.4. The lowest BCUT2D eigenvalue weighted by atomic mass is 9.69. The normalized spacial score (nSPS) is 21.5. The van der Waals surface area contributed by atoms with Crippen molar-refractivity contribution in [2.24, 2.45) is 17.8 Å². The molecule has 0 radical (unpaired) electrons. The van der Waals surface area contributed by atoms with Crippen LogP contribution in [0.4, 0.5) is 0 Å². The van der Waals surface area contributed by atoms with Gasteiger partial charge in [0.2, 0.25) is 0 Å². The Balaban J connectivity index is 1.29. The SMILES string of the molecule is C#Cc1ccc(CC2CCC(C(C(=C)CCc3ccccc3)c3ccc(C4=CC(C)C=C4)cc3)CC2)cc1. The summed E-state index contributed by atoms with van der Waals surface area (Å²) in [6, 6.07) is 28.9. The third-order valence-corrected chi connectivity index (χ3v) is 8.65. The Morgan fingerprint density at radius 2 is 1.61 bits per heavy atom. The van der Waals surface area contributed by atoms with Gasteiger partial charge in [-0.15, -0.1) is 6.42 Å². The fraction of sp³-hybridized carbons (Fsp3) is 0.316. The van der Waals surface area contributed by atoms with Crippen molar-refractivity contribution >= 4 is 5.57 Å². The first-order valence-electron chi connectivity index (χ1n) is 14.4. The van der Waals surface area contributed by atoms with Crippen LogP contribution in [-0.4, -0.2) is 0 Å². The Morgan fingerprint density at radius 1 is 0.895 bits per heavy atom. The standard InChI is InChI=1S/C38H40/c1-4-30-13-15-32(16-14-30)27-33-17-20-35(21-18-33)38(29(3)11-12-31-8-6-5-7-9-31)36-24-22-34(23-25-36)37-19-10-28(2)26-37/h1,5-10,13-16,19,22-26,28,33,35,38H,3,11-12,17-18,20-21,27H2,2H3. The zero-order chi connectivity index (χ0) is 26.3. The molecule has 1 saturated carbocycles. The molecule has 192 valence electrons. The molecule has 5 rings (SSSR count).